The largest absolute Gasteiger partial charge is 0.457 e. The molecule has 0 fully saturated rings. The van der Waals surface area contributed by atoms with Crippen LogP contribution in [-0.4, -0.2) is 25.9 Å². The molecular weight excluding hydrogens is 476 g/mol. The molecule has 174 valence electrons. The van der Waals surface area contributed by atoms with Crippen LogP contribution in [0, 0.1) is 0 Å². The molecule has 1 amide bonds. The van der Waals surface area contributed by atoms with Crippen LogP contribution in [0.1, 0.15) is 6.92 Å². The van der Waals surface area contributed by atoms with Crippen LogP contribution in [-0.2, 0) is 4.79 Å². The summed E-state index contributed by atoms with van der Waals surface area (Å²) in [7, 11) is 0. The summed E-state index contributed by atoms with van der Waals surface area (Å²) in [5, 5.41) is 14.1. The van der Waals surface area contributed by atoms with Crippen LogP contribution in [0.2, 0.25) is 0 Å². The van der Waals surface area contributed by atoms with Crippen molar-refractivity contribution in [2.75, 3.05) is 5.32 Å². The second-order valence-electron chi connectivity index (χ2n) is 7.64. The number of nitrogens with one attached hydrogen (secondary N) is 1. The molecule has 6 nitrogen and oxygen atoms in total. The molecule has 5 aromatic rings. The molecule has 0 saturated carbocycles. The van der Waals surface area contributed by atoms with Gasteiger partial charge in [-0.1, -0.05) is 54.2 Å². The fraction of sp³-hybridized carbons (Fsp3) is 0.0741. The number of para-hydroxylation sites is 2. The van der Waals surface area contributed by atoms with Gasteiger partial charge in [-0.3, -0.25) is 9.36 Å². The van der Waals surface area contributed by atoms with Crippen molar-refractivity contribution < 1.29 is 9.53 Å². The third-order valence-electron chi connectivity index (χ3n) is 5.14. The van der Waals surface area contributed by atoms with Gasteiger partial charge in [-0.2, -0.15) is 0 Å². The summed E-state index contributed by atoms with van der Waals surface area (Å²) >= 11 is 2.98. The molecule has 35 heavy (non-hydrogen) atoms. The number of amides is 1. The molecule has 0 aliphatic heterocycles. The molecule has 5 rings (SSSR count). The molecule has 1 atom stereocenters. The van der Waals surface area contributed by atoms with Gasteiger partial charge in [0.1, 0.15) is 11.5 Å². The van der Waals surface area contributed by atoms with Gasteiger partial charge in [-0.05, 0) is 66.9 Å². The maximum Gasteiger partial charge on any atom is 0.237 e. The first-order valence-electron chi connectivity index (χ1n) is 11.0. The van der Waals surface area contributed by atoms with Crippen LogP contribution in [0.25, 0.3) is 16.4 Å². The van der Waals surface area contributed by atoms with Crippen LogP contribution in [0.4, 0.5) is 5.69 Å². The van der Waals surface area contributed by atoms with Gasteiger partial charge in [0.2, 0.25) is 5.91 Å². The minimum atomic E-state index is -0.391. The Bertz CT molecular complexity index is 1390. The van der Waals surface area contributed by atoms with E-state index in [1.807, 2.05) is 114 Å². The zero-order valence-electron chi connectivity index (χ0n) is 18.9. The van der Waals surface area contributed by atoms with Crippen molar-refractivity contribution >= 4 is 34.7 Å². The van der Waals surface area contributed by atoms with E-state index in [-0.39, 0.29) is 5.91 Å². The van der Waals surface area contributed by atoms with Gasteiger partial charge < -0.3 is 10.1 Å². The molecule has 2 heterocycles. The van der Waals surface area contributed by atoms with Crippen molar-refractivity contribution in [1.29, 1.82) is 0 Å². The van der Waals surface area contributed by atoms with Crippen molar-refractivity contribution in [3.8, 4) is 27.9 Å². The number of anilines is 1. The van der Waals surface area contributed by atoms with Crippen molar-refractivity contribution in [2.24, 2.45) is 0 Å². The van der Waals surface area contributed by atoms with Gasteiger partial charge in [0.15, 0.2) is 11.0 Å². The van der Waals surface area contributed by atoms with E-state index >= 15 is 0 Å². The number of hydrogen-bond acceptors (Lipinski definition) is 6. The molecule has 0 aliphatic rings. The topological polar surface area (TPSA) is 69.0 Å². The molecule has 0 bridgehead atoms. The first-order chi connectivity index (χ1) is 17.2. The summed E-state index contributed by atoms with van der Waals surface area (Å²) in [6.07, 6.45) is 0. The number of ether oxygens (including phenoxy) is 1. The lowest BCUT2D eigenvalue weighted by Crippen LogP contribution is -2.22. The van der Waals surface area contributed by atoms with Crippen molar-refractivity contribution in [3.63, 3.8) is 0 Å². The lowest BCUT2D eigenvalue weighted by Gasteiger charge is -2.14. The SMILES string of the molecule is CC(Sc1nnc(-c2cccs2)n1-c1ccccc1)C(=O)Nc1ccc(Oc2ccccc2)cc1. The third-order valence-corrected chi connectivity index (χ3v) is 7.05. The molecular formula is C27H22N4O2S2. The van der Waals surface area contributed by atoms with Gasteiger partial charge >= 0.3 is 0 Å². The fourth-order valence-corrected chi connectivity index (χ4v) is 4.97. The van der Waals surface area contributed by atoms with E-state index in [4.69, 9.17) is 4.74 Å². The first kappa shape index (κ1) is 22.9. The predicted molar refractivity (Wildman–Crippen MR) is 142 cm³/mol. The summed E-state index contributed by atoms with van der Waals surface area (Å²) in [4.78, 5) is 14.0. The Kier molecular flexibility index (Phi) is 6.92. The third kappa shape index (κ3) is 5.45. The summed E-state index contributed by atoms with van der Waals surface area (Å²) in [6, 6.07) is 30.8. The second kappa shape index (κ2) is 10.6. The smallest absolute Gasteiger partial charge is 0.237 e. The molecule has 0 radical (unpaired) electrons. The normalized spacial score (nSPS) is 11.7. The Hall–Kier alpha value is -3.88. The minimum absolute atomic E-state index is 0.119. The summed E-state index contributed by atoms with van der Waals surface area (Å²) in [5.74, 6) is 2.11. The Labute approximate surface area is 211 Å². The molecule has 1 N–H and O–H groups in total. The number of carbonyl (C=O) groups is 1. The molecule has 3 aromatic carbocycles. The number of aromatic nitrogens is 3. The van der Waals surface area contributed by atoms with Crippen molar-refractivity contribution in [2.45, 2.75) is 17.3 Å². The van der Waals surface area contributed by atoms with Gasteiger partial charge in [-0.25, -0.2) is 0 Å². The van der Waals surface area contributed by atoms with Gasteiger partial charge in [0.05, 0.1) is 10.1 Å². The van der Waals surface area contributed by atoms with E-state index in [1.54, 1.807) is 11.3 Å². The van der Waals surface area contributed by atoms with E-state index in [0.717, 1.165) is 22.1 Å². The zero-order chi connectivity index (χ0) is 24.0. The Morgan fingerprint density at radius 2 is 1.57 bits per heavy atom. The Morgan fingerprint density at radius 3 is 2.26 bits per heavy atom. The monoisotopic (exact) mass is 498 g/mol. The number of thiophene rings is 1. The van der Waals surface area contributed by atoms with Crippen LogP contribution in [0.15, 0.2) is 108 Å². The average molecular weight is 499 g/mol. The van der Waals surface area contributed by atoms with Gasteiger partial charge in [-0.15, -0.1) is 21.5 Å². The Balaban J connectivity index is 1.29. The summed E-state index contributed by atoms with van der Waals surface area (Å²) in [5.41, 5.74) is 1.65. The molecule has 0 saturated heterocycles. The average Bonchev–Trinajstić information content (AvgIpc) is 3.56. The van der Waals surface area contributed by atoms with Crippen LogP contribution in [0.5, 0.6) is 11.5 Å². The van der Waals surface area contributed by atoms with Crippen LogP contribution < -0.4 is 10.1 Å². The number of rotatable bonds is 8. The number of carbonyl (C=O) groups excluding carboxylic acids is 1. The zero-order valence-corrected chi connectivity index (χ0v) is 20.5. The van der Waals surface area contributed by atoms with Gasteiger partial charge in [0.25, 0.3) is 0 Å². The van der Waals surface area contributed by atoms with E-state index in [1.165, 1.54) is 11.8 Å². The number of hydrogen-bond donors (Lipinski definition) is 1. The summed E-state index contributed by atoms with van der Waals surface area (Å²) in [6.45, 7) is 1.86. The van der Waals surface area contributed by atoms with Crippen LogP contribution in [0.3, 0.4) is 0 Å². The van der Waals surface area contributed by atoms with E-state index < -0.39 is 5.25 Å². The van der Waals surface area contributed by atoms with E-state index in [0.29, 0.717) is 16.6 Å². The fourth-order valence-electron chi connectivity index (χ4n) is 3.41. The molecule has 2 aromatic heterocycles. The maximum atomic E-state index is 13.0. The second-order valence-corrected chi connectivity index (χ2v) is 9.90. The number of benzene rings is 3. The number of nitrogens with zero attached hydrogens (tertiary/aromatic N) is 3. The van der Waals surface area contributed by atoms with Gasteiger partial charge in [0, 0.05) is 11.4 Å². The standard InChI is InChI=1S/C27H22N4O2S2/c1-19(26(32)28-20-14-16-23(17-15-20)33-22-11-6-3-7-12-22)35-27-30-29-25(24-13-8-18-34-24)31(27)21-9-4-2-5-10-21/h2-19H,1H3,(H,28,32). The molecule has 8 heteroatoms. The predicted octanol–water partition coefficient (Wildman–Crippen LogP) is 6.91. The maximum absolute atomic E-state index is 13.0. The highest BCUT2D eigenvalue weighted by Crippen LogP contribution is 2.32. The quantitative estimate of drug-likeness (QED) is 0.236. The van der Waals surface area contributed by atoms with Crippen LogP contribution >= 0.6 is 23.1 Å². The highest BCUT2D eigenvalue weighted by atomic mass is 32.2. The lowest BCUT2D eigenvalue weighted by molar-refractivity contribution is -0.115. The van der Waals surface area contributed by atoms with Crippen molar-refractivity contribution in [1.82, 2.24) is 14.8 Å². The van der Waals surface area contributed by atoms with E-state index in [9.17, 15) is 4.79 Å². The van der Waals surface area contributed by atoms with E-state index in [2.05, 4.69) is 15.5 Å². The number of thioether (sulfide) groups is 1. The molecule has 0 aliphatic carbocycles. The lowest BCUT2D eigenvalue weighted by atomic mass is 10.3. The molecule has 1 unspecified atom stereocenters. The van der Waals surface area contributed by atoms with Crippen molar-refractivity contribution in [3.05, 3.63) is 102 Å². The summed E-state index contributed by atoms with van der Waals surface area (Å²) < 4.78 is 7.82. The highest BCUT2D eigenvalue weighted by molar-refractivity contribution is 8.00. The Morgan fingerprint density at radius 1 is 0.886 bits per heavy atom. The minimum Gasteiger partial charge on any atom is -0.457 e. The highest BCUT2D eigenvalue weighted by Gasteiger charge is 2.22. The molecule has 0 spiro atoms. The first-order valence-corrected chi connectivity index (χ1v) is 12.8.